The van der Waals surface area contributed by atoms with Gasteiger partial charge < -0.3 is 10.1 Å². The van der Waals surface area contributed by atoms with E-state index in [0.717, 1.165) is 37.8 Å². The first-order chi connectivity index (χ1) is 11.8. The number of fused-ring (bicyclic) bond motifs is 1. The van der Waals surface area contributed by atoms with E-state index in [1.165, 1.54) is 11.1 Å². The van der Waals surface area contributed by atoms with Gasteiger partial charge in [0.2, 0.25) is 5.91 Å². The van der Waals surface area contributed by atoms with E-state index in [1.54, 1.807) is 0 Å². The quantitative estimate of drug-likeness (QED) is 0.910. The number of hydrogen-bond donors (Lipinski definition) is 2. The van der Waals surface area contributed by atoms with Crippen LogP contribution in [0.1, 0.15) is 36.1 Å². The number of ether oxygens (including phenoxy) is 1. The minimum Gasteiger partial charge on any atom is -0.381 e. The van der Waals surface area contributed by atoms with Crippen molar-refractivity contribution in [1.29, 1.82) is 0 Å². The molecule has 2 aliphatic rings. The van der Waals surface area contributed by atoms with E-state index in [9.17, 15) is 4.79 Å². The van der Waals surface area contributed by atoms with Gasteiger partial charge in [-0.25, -0.2) is 0 Å². The number of nitrogens with zero attached hydrogens (tertiary/aromatic N) is 1. The molecular weight excluding hydrogens is 302 g/mol. The molecule has 0 saturated carbocycles. The first-order valence-electron chi connectivity index (χ1n) is 8.73. The summed E-state index contributed by atoms with van der Waals surface area (Å²) in [5.74, 6) is 0.169. The lowest BCUT2D eigenvalue weighted by Crippen LogP contribution is -2.51. The summed E-state index contributed by atoms with van der Waals surface area (Å²) in [6.07, 6.45) is 6.09. The lowest BCUT2D eigenvalue weighted by molar-refractivity contribution is -0.128. The van der Waals surface area contributed by atoms with Gasteiger partial charge in [-0.1, -0.05) is 30.3 Å². The fourth-order valence-electron chi connectivity index (χ4n) is 3.93. The maximum absolute atomic E-state index is 13.0. The highest BCUT2D eigenvalue weighted by molar-refractivity contribution is 5.80. The first kappa shape index (κ1) is 15.4. The van der Waals surface area contributed by atoms with E-state index in [0.29, 0.717) is 13.2 Å². The van der Waals surface area contributed by atoms with E-state index in [1.807, 2.05) is 24.4 Å². The molecule has 4 rings (SSSR count). The Kier molecular flexibility index (Phi) is 4.10. The summed E-state index contributed by atoms with van der Waals surface area (Å²) >= 11 is 0. The minimum atomic E-state index is -0.301. The summed E-state index contributed by atoms with van der Waals surface area (Å²) in [6, 6.07) is 10.3. The predicted molar refractivity (Wildman–Crippen MR) is 90.4 cm³/mol. The number of hydrogen-bond acceptors (Lipinski definition) is 3. The van der Waals surface area contributed by atoms with Gasteiger partial charge in [0.05, 0.1) is 11.7 Å². The third-order valence-corrected chi connectivity index (χ3v) is 5.43. The van der Waals surface area contributed by atoms with Crippen molar-refractivity contribution in [1.82, 2.24) is 15.5 Å². The van der Waals surface area contributed by atoms with E-state index >= 15 is 0 Å². The number of aromatic amines is 1. The van der Waals surface area contributed by atoms with Gasteiger partial charge in [-0.2, -0.15) is 5.10 Å². The van der Waals surface area contributed by atoms with E-state index in [4.69, 9.17) is 4.74 Å². The second-order valence-electron chi connectivity index (χ2n) is 6.86. The SMILES string of the molecule is O=C(NC1(c2ccccc2)CCOCC1)C1CCc2cn[nH]c2C1. The Labute approximate surface area is 141 Å². The Bertz CT molecular complexity index is 704. The van der Waals surface area contributed by atoms with Gasteiger partial charge in [0.1, 0.15) is 0 Å². The van der Waals surface area contributed by atoms with Crippen LogP contribution in [0.25, 0.3) is 0 Å². The maximum Gasteiger partial charge on any atom is 0.224 e. The molecule has 2 aromatic rings. The summed E-state index contributed by atoms with van der Waals surface area (Å²) in [5, 5.41) is 10.5. The normalized spacial score (nSPS) is 22.6. The number of amides is 1. The van der Waals surface area contributed by atoms with Crippen molar-refractivity contribution in [2.24, 2.45) is 5.92 Å². The fourth-order valence-corrected chi connectivity index (χ4v) is 3.93. The van der Waals surface area contributed by atoms with Crippen molar-refractivity contribution in [2.75, 3.05) is 13.2 Å². The standard InChI is InChI=1S/C19H23N3O2/c23-18(14-6-7-15-13-20-22-17(15)12-14)21-19(8-10-24-11-9-19)16-4-2-1-3-5-16/h1-5,13-14H,6-12H2,(H,20,22)(H,21,23). The van der Waals surface area contributed by atoms with Crippen molar-refractivity contribution in [3.63, 3.8) is 0 Å². The number of aromatic nitrogens is 2. The summed E-state index contributed by atoms with van der Waals surface area (Å²) in [6.45, 7) is 1.37. The van der Waals surface area contributed by atoms with Crippen molar-refractivity contribution in [2.45, 2.75) is 37.6 Å². The molecule has 0 bridgehead atoms. The van der Waals surface area contributed by atoms with Crippen LogP contribution in [0.4, 0.5) is 0 Å². The van der Waals surface area contributed by atoms with Crippen molar-refractivity contribution in [3.05, 3.63) is 53.3 Å². The van der Waals surface area contributed by atoms with Crippen LogP contribution in [0, 0.1) is 5.92 Å². The molecule has 1 atom stereocenters. The van der Waals surface area contributed by atoms with Crippen LogP contribution in [0.3, 0.4) is 0 Å². The molecule has 126 valence electrons. The molecule has 5 nitrogen and oxygen atoms in total. The second kappa shape index (κ2) is 6.40. The van der Waals surface area contributed by atoms with Gasteiger partial charge in [0, 0.05) is 31.2 Å². The zero-order valence-electron chi connectivity index (χ0n) is 13.8. The monoisotopic (exact) mass is 325 g/mol. The van der Waals surface area contributed by atoms with E-state index in [-0.39, 0.29) is 17.4 Å². The van der Waals surface area contributed by atoms with Gasteiger partial charge in [0.15, 0.2) is 0 Å². The summed E-state index contributed by atoms with van der Waals surface area (Å²) in [7, 11) is 0. The van der Waals surface area contributed by atoms with Crippen molar-refractivity contribution >= 4 is 5.91 Å². The van der Waals surface area contributed by atoms with Gasteiger partial charge in [-0.15, -0.1) is 0 Å². The Morgan fingerprint density at radius 1 is 1.25 bits per heavy atom. The van der Waals surface area contributed by atoms with Crippen molar-refractivity contribution in [3.8, 4) is 0 Å². The van der Waals surface area contributed by atoms with Crippen molar-refractivity contribution < 1.29 is 9.53 Å². The number of aryl methyl sites for hydroxylation is 1. The van der Waals surface area contributed by atoms with Crippen LogP contribution < -0.4 is 5.32 Å². The lowest BCUT2D eigenvalue weighted by atomic mass is 9.81. The Balaban J connectivity index is 1.54. The highest BCUT2D eigenvalue weighted by atomic mass is 16.5. The molecule has 1 amide bonds. The molecule has 1 aliphatic heterocycles. The van der Waals surface area contributed by atoms with Gasteiger partial charge in [-0.3, -0.25) is 9.89 Å². The molecule has 1 aromatic heterocycles. The maximum atomic E-state index is 13.0. The second-order valence-corrected chi connectivity index (χ2v) is 6.86. The molecule has 0 radical (unpaired) electrons. The molecule has 1 aliphatic carbocycles. The van der Waals surface area contributed by atoms with Gasteiger partial charge >= 0.3 is 0 Å². The van der Waals surface area contributed by atoms with Crippen LogP contribution in [-0.2, 0) is 27.9 Å². The highest BCUT2D eigenvalue weighted by Crippen LogP contribution is 2.33. The number of H-pyrrole nitrogens is 1. The van der Waals surface area contributed by atoms with E-state index in [2.05, 4.69) is 27.6 Å². The lowest BCUT2D eigenvalue weighted by Gasteiger charge is -2.39. The summed E-state index contributed by atoms with van der Waals surface area (Å²) < 4.78 is 5.54. The van der Waals surface area contributed by atoms with Crippen LogP contribution in [0.15, 0.2) is 36.5 Å². The number of carbonyl (C=O) groups is 1. The van der Waals surface area contributed by atoms with Gasteiger partial charge in [0.25, 0.3) is 0 Å². The molecule has 24 heavy (non-hydrogen) atoms. The zero-order chi connectivity index (χ0) is 16.4. The van der Waals surface area contributed by atoms with Gasteiger partial charge in [-0.05, 0) is 36.8 Å². The Hall–Kier alpha value is -2.14. The Morgan fingerprint density at radius 3 is 2.83 bits per heavy atom. The molecule has 1 saturated heterocycles. The Morgan fingerprint density at radius 2 is 2.04 bits per heavy atom. The van der Waals surface area contributed by atoms with Crippen LogP contribution in [0.2, 0.25) is 0 Å². The average molecular weight is 325 g/mol. The molecule has 1 aromatic carbocycles. The van der Waals surface area contributed by atoms with Crippen LogP contribution in [-0.4, -0.2) is 29.3 Å². The first-order valence-corrected chi connectivity index (χ1v) is 8.73. The predicted octanol–water partition coefficient (Wildman–Crippen LogP) is 2.34. The molecule has 1 unspecified atom stereocenters. The molecule has 5 heteroatoms. The molecule has 2 heterocycles. The smallest absolute Gasteiger partial charge is 0.224 e. The zero-order valence-corrected chi connectivity index (χ0v) is 13.8. The number of benzene rings is 1. The average Bonchev–Trinajstić information content (AvgIpc) is 3.11. The molecule has 0 spiro atoms. The summed E-state index contributed by atoms with van der Waals surface area (Å²) in [5.41, 5.74) is 3.25. The highest BCUT2D eigenvalue weighted by Gasteiger charge is 2.38. The fraction of sp³-hybridized carbons (Fsp3) is 0.474. The number of carbonyl (C=O) groups excluding carboxylic acids is 1. The minimum absolute atomic E-state index is 0.0152. The largest absolute Gasteiger partial charge is 0.381 e. The third-order valence-electron chi connectivity index (χ3n) is 5.43. The number of rotatable bonds is 3. The molecule has 1 fully saturated rings. The van der Waals surface area contributed by atoms with Crippen LogP contribution in [0.5, 0.6) is 0 Å². The topological polar surface area (TPSA) is 67.0 Å². The van der Waals surface area contributed by atoms with E-state index < -0.39 is 0 Å². The molecule has 2 N–H and O–H groups in total. The third kappa shape index (κ3) is 2.84. The number of nitrogens with one attached hydrogen (secondary N) is 2. The van der Waals surface area contributed by atoms with Crippen LogP contribution >= 0.6 is 0 Å². The molecular formula is C19H23N3O2. The summed E-state index contributed by atoms with van der Waals surface area (Å²) in [4.78, 5) is 13.0.